The average Bonchev–Trinajstić information content (AvgIpc) is 3.22. The van der Waals surface area contributed by atoms with Gasteiger partial charge in [-0.3, -0.25) is 4.79 Å². The summed E-state index contributed by atoms with van der Waals surface area (Å²) in [6.45, 7) is 1.94. The van der Waals surface area contributed by atoms with E-state index in [0.29, 0.717) is 6.04 Å². The topological polar surface area (TPSA) is 54.9 Å². The molecule has 1 amide bonds. The minimum Gasteiger partial charge on any atom is -0.352 e. The highest BCUT2D eigenvalue weighted by atomic mass is 32.2. The number of carbonyl (C=O) groups is 1. The Kier molecular flexibility index (Phi) is 5.39. The zero-order chi connectivity index (χ0) is 18.6. The molecule has 1 fully saturated rings. The van der Waals surface area contributed by atoms with Crippen molar-refractivity contribution in [3.05, 3.63) is 54.6 Å². The molecule has 0 spiro atoms. The first-order chi connectivity index (χ1) is 13.2. The fourth-order valence-corrected chi connectivity index (χ4v) is 4.49. The summed E-state index contributed by atoms with van der Waals surface area (Å²) in [4.78, 5) is 12.5. The molecule has 4 nitrogen and oxygen atoms in total. The summed E-state index contributed by atoms with van der Waals surface area (Å²) in [5, 5.41) is 14.8. The van der Waals surface area contributed by atoms with Gasteiger partial charge in [-0.15, -0.1) is 10.2 Å². The molecule has 1 N–H and O–H groups in total. The van der Waals surface area contributed by atoms with Gasteiger partial charge in [-0.25, -0.2) is 0 Å². The molecule has 0 bridgehead atoms. The van der Waals surface area contributed by atoms with Gasteiger partial charge in [-0.1, -0.05) is 79.2 Å². The van der Waals surface area contributed by atoms with Gasteiger partial charge in [0.15, 0.2) is 0 Å². The number of hydrogen-bond donors (Lipinski definition) is 1. The lowest BCUT2D eigenvalue weighted by Gasteiger charge is -2.17. The van der Waals surface area contributed by atoms with Crippen LogP contribution >= 0.6 is 11.8 Å². The quantitative estimate of drug-likeness (QED) is 0.647. The van der Waals surface area contributed by atoms with Gasteiger partial charge in [0.1, 0.15) is 10.7 Å². The Balaban J connectivity index is 1.60. The first-order valence-electron chi connectivity index (χ1n) is 9.50. The molecule has 1 aliphatic rings. The van der Waals surface area contributed by atoms with Crippen molar-refractivity contribution in [3.63, 3.8) is 0 Å². The number of nitrogens with zero attached hydrogens (tertiary/aromatic N) is 2. The fraction of sp³-hybridized carbons (Fsp3) is 0.318. The summed E-state index contributed by atoms with van der Waals surface area (Å²) in [5.74, 6) is 0.0879. The molecule has 1 saturated carbocycles. The first kappa shape index (κ1) is 18.0. The Labute approximate surface area is 163 Å². The minimum atomic E-state index is -0.203. The number of fused-ring (bicyclic) bond motifs is 1. The lowest BCUT2D eigenvalue weighted by atomic mass is 10.1. The smallest absolute Gasteiger partial charge is 0.233 e. The molecule has 1 atom stereocenters. The molecule has 1 aliphatic carbocycles. The predicted molar refractivity (Wildman–Crippen MR) is 111 cm³/mol. The number of aromatic nitrogens is 2. The van der Waals surface area contributed by atoms with Crippen LogP contribution in [0, 0.1) is 0 Å². The van der Waals surface area contributed by atoms with E-state index in [2.05, 4.69) is 27.6 Å². The molecule has 27 heavy (non-hydrogen) atoms. The molecular formula is C22H23N3OS. The Morgan fingerprint density at radius 1 is 1.00 bits per heavy atom. The Morgan fingerprint density at radius 2 is 1.67 bits per heavy atom. The lowest BCUT2D eigenvalue weighted by molar-refractivity contribution is -0.120. The molecule has 0 unspecified atom stereocenters. The van der Waals surface area contributed by atoms with Gasteiger partial charge in [0.25, 0.3) is 0 Å². The van der Waals surface area contributed by atoms with Gasteiger partial charge in [-0.2, -0.15) is 0 Å². The highest BCUT2D eigenvalue weighted by Crippen LogP contribution is 2.33. The zero-order valence-corrected chi connectivity index (χ0v) is 16.2. The molecule has 0 aliphatic heterocycles. The molecule has 0 saturated heterocycles. The molecule has 2 aromatic carbocycles. The fourth-order valence-electron chi connectivity index (χ4n) is 3.59. The highest BCUT2D eigenvalue weighted by Gasteiger charge is 2.22. The molecular weight excluding hydrogens is 354 g/mol. The number of amides is 1. The van der Waals surface area contributed by atoms with E-state index in [1.54, 1.807) is 0 Å². The van der Waals surface area contributed by atoms with E-state index in [1.807, 2.05) is 49.4 Å². The van der Waals surface area contributed by atoms with Crippen LogP contribution in [-0.4, -0.2) is 27.4 Å². The minimum absolute atomic E-state index is 0.0879. The second kappa shape index (κ2) is 8.09. The second-order valence-electron chi connectivity index (χ2n) is 7.02. The second-order valence-corrected chi connectivity index (χ2v) is 8.34. The number of nitrogens with one attached hydrogen (secondary N) is 1. The van der Waals surface area contributed by atoms with E-state index in [0.717, 1.165) is 39.9 Å². The Bertz CT molecular complexity index is 939. The van der Waals surface area contributed by atoms with E-state index in [9.17, 15) is 4.79 Å². The molecule has 3 aromatic rings. The molecule has 0 radical (unpaired) electrons. The molecule has 1 aromatic heterocycles. The maximum Gasteiger partial charge on any atom is 0.233 e. The number of rotatable bonds is 5. The number of carbonyl (C=O) groups excluding carboxylic acids is 1. The van der Waals surface area contributed by atoms with Crippen LogP contribution in [0.25, 0.3) is 22.0 Å². The van der Waals surface area contributed by atoms with E-state index < -0.39 is 0 Å². The normalized spacial score (nSPS) is 15.7. The van der Waals surface area contributed by atoms with Crippen LogP contribution in [0.15, 0.2) is 59.6 Å². The van der Waals surface area contributed by atoms with Crippen molar-refractivity contribution >= 4 is 28.4 Å². The van der Waals surface area contributed by atoms with Crippen molar-refractivity contribution in [3.8, 4) is 11.3 Å². The summed E-state index contributed by atoms with van der Waals surface area (Å²) in [6, 6.07) is 18.6. The van der Waals surface area contributed by atoms with Crippen LogP contribution in [0.3, 0.4) is 0 Å². The number of thioether (sulfide) groups is 1. The molecule has 4 rings (SSSR count). The summed E-state index contributed by atoms with van der Waals surface area (Å²) in [7, 11) is 0. The molecule has 138 valence electrons. The van der Waals surface area contributed by atoms with Crippen LogP contribution in [0.1, 0.15) is 32.6 Å². The van der Waals surface area contributed by atoms with Gasteiger partial charge < -0.3 is 5.32 Å². The van der Waals surface area contributed by atoms with Crippen molar-refractivity contribution in [1.82, 2.24) is 15.5 Å². The average molecular weight is 378 g/mol. The van der Waals surface area contributed by atoms with E-state index in [1.165, 1.54) is 24.6 Å². The van der Waals surface area contributed by atoms with Crippen LogP contribution in [0.5, 0.6) is 0 Å². The van der Waals surface area contributed by atoms with Crippen molar-refractivity contribution in [2.45, 2.75) is 48.9 Å². The van der Waals surface area contributed by atoms with Gasteiger partial charge in [-0.05, 0) is 19.8 Å². The summed E-state index contributed by atoms with van der Waals surface area (Å²) in [6.07, 6.45) is 4.61. The third-order valence-corrected chi connectivity index (χ3v) is 6.15. The molecule has 5 heteroatoms. The maximum atomic E-state index is 12.5. The Morgan fingerprint density at radius 3 is 2.41 bits per heavy atom. The van der Waals surface area contributed by atoms with E-state index >= 15 is 0 Å². The van der Waals surface area contributed by atoms with Crippen LogP contribution in [-0.2, 0) is 4.79 Å². The van der Waals surface area contributed by atoms with Gasteiger partial charge >= 0.3 is 0 Å². The largest absolute Gasteiger partial charge is 0.352 e. The lowest BCUT2D eigenvalue weighted by Crippen LogP contribution is -2.37. The predicted octanol–water partition coefficient (Wildman–Crippen LogP) is 4.84. The monoisotopic (exact) mass is 377 g/mol. The SMILES string of the molecule is C[C@@H](Sc1nnc(-c2ccccc2)c2ccccc12)C(=O)NC1CCCC1. The number of hydrogen-bond acceptors (Lipinski definition) is 4. The van der Waals surface area contributed by atoms with Crippen LogP contribution in [0.2, 0.25) is 0 Å². The first-order valence-corrected chi connectivity index (χ1v) is 10.4. The zero-order valence-electron chi connectivity index (χ0n) is 15.4. The van der Waals surface area contributed by atoms with Gasteiger partial charge in [0.2, 0.25) is 5.91 Å². The Hall–Kier alpha value is -2.40. The van der Waals surface area contributed by atoms with Crippen molar-refractivity contribution in [2.24, 2.45) is 0 Å². The third-order valence-electron chi connectivity index (χ3n) is 5.06. The highest BCUT2D eigenvalue weighted by molar-refractivity contribution is 8.00. The van der Waals surface area contributed by atoms with Crippen molar-refractivity contribution in [2.75, 3.05) is 0 Å². The van der Waals surface area contributed by atoms with Crippen molar-refractivity contribution in [1.29, 1.82) is 0 Å². The van der Waals surface area contributed by atoms with E-state index in [4.69, 9.17) is 0 Å². The van der Waals surface area contributed by atoms with Crippen LogP contribution < -0.4 is 5.32 Å². The summed E-state index contributed by atoms with van der Waals surface area (Å²) >= 11 is 1.48. The maximum absolute atomic E-state index is 12.5. The van der Waals surface area contributed by atoms with E-state index in [-0.39, 0.29) is 11.2 Å². The van der Waals surface area contributed by atoms with Gasteiger partial charge in [0.05, 0.1) is 5.25 Å². The third kappa shape index (κ3) is 3.98. The van der Waals surface area contributed by atoms with Crippen molar-refractivity contribution < 1.29 is 4.79 Å². The van der Waals surface area contributed by atoms with Gasteiger partial charge in [0, 0.05) is 22.4 Å². The number of benzene rings is 2. The molecule has 1 heterocycles. The standard InChI is InChI=1S/C22H23N3OS/c1-15(21(26)23-17-11-5-6-12-17)27-22-19-14-8-7-13-18(19)20(24-25-22)16-9-3-2-4-10-16/h2-4,7-10,13-15,17H,5-6,11-12H2,1H3,(H,23,26)/t15-/m1/s1. The summed E-state index contributed by atoms with van der Waals surface area (Å²) in [5.41, 5.74) is 1.92. The summed E-state index contributed by atoms with van der Waals surface area (Å²) < 4.78 is 0. The van der Waals surface area contributed by atoms with Crippen LogP contribution in [0.4, 0.5) is 0 Å².